The number of primary amides is 1. The van der Waals surface area contributed by atoms with Gasteiger partial charge in [-0.3, -0.25) is 9.59 Å². The van der Waals surface area contributed by atoms with E-state index in [0.29, 0.717) is 0 Å². The van der Waals surface area contributed by atoms with Gasteiger partial charge in [-0.05, 0) is 23.6 Å². The molecule has 0 unspecified atom stereocenters. The van der Waals surface area contributed by atoms with Crippen LogP contribution in [0.1, 0.15) is 23.1 Å². The van der Waals surface area contributed by atoms with Crippen molar-refractivity contribution in [3.63, 3.8) is 0 Å². The van der Waals surface area contributed by atoms with Crippen molar-refractivity contribution in [3.8, 4) is 0 Å². The molecule has 0 spiro atoms. The number of hydrogen-bond donors (Lipinski definition) is 4. The van der Waals surface area contributed by atoms with Crippen molar-refractivity contribution >= 4 is 17.9 Å². The Kier molecular flexibility index (Phi) is 8.83. The maximum atomic E-state index is 12.2. The van der Waals surface area contributed by atoms with E-state index in [2.05, 4.69) is 10.6 Å². The lowest BCUT2D eigenvalue weighted by molar-refractivity contribution is -0.128. The molecule has 0 aliphatic carbocycles. The van der Waals surface area contributed by atoms with E-state index in [9.17, 15) is 19.5 Å². The number of carbonyl (C=O) groups excluding carboxylic acids is 3. The molecule has 0 radical (unpaired) electrons. The Bertz CT molecular complexity index is 857. The second-order valence-corrected chi connectivity index (χ2v) is 6.95. The third kappa shape index (κ3) is 7.92. The van der Waals surface area contributed by atoms with Crippen molar-refractivity contribution in [1.29, 1.82) is 0 Å². The van der Waals surface area contributed by atoms with Gasteiger partial charge in [-0.2, -0.15) is 0 Å². The van der Waals surface area contributed by atoms with Crippen LogP contribution in [0.2, 0.25) is 0 Å². The number of aryl methyl sites for hydroxylation is 1. The van der Waals surface area contributed by atoms with E-state index in [1.807, 2.05) is 61.5 Å². The van der Waals surface area contributed by atoms with Gasteiger partial charge in [-0.25, -0.2) is 4.79 Å². The van der Waals surface area contributed by atoms with Gasteiger partial charge in [0, 0.05) is 13.0 Å². The molecule has 8 nitrogen and oxygen atoms in total. The Hall–Kier alpha value is -3.39. The van der Waals surface area contributed by atoms with Gasteiger partial charge in [0.05, 0.1) is 12.5 Å². The van der Waals surface area contributed by atoms with Crippen molar-refractivity contribution in [2.24, 2.45) is 5.73 Å². The van der Waals surface area contributed by atoms with Crippen molar-refractivity contribution in [2.75, 3.05) is 6.54 Å². The molecule has 2 atom stereocenters. The minimum Gasteiger partial charge on any atom is -0.445 e. The van der Waals surface area contributed by atoms with Crippen LogP contribution in [0, 0.1) is 6.92 Å². The normalized spacial score (nSPS) is 12.5. The Balaban J connectivity index is 1.74. The van der Waals surface area contributed by atoms with E-state index in [4.69, 9.17) is 10.5 Å². The van der Waals surface area contributed by atoms with E-state index in [1.54, 1.807) is 0 Å². The first-order valence-electron chi connectivity index (χ1n) is 9.61. The van der Waals surface area contributed by atoms with Gasteiger partial charge in [-0.15, -0.1) is 0 Å². The van der Waals surface area contributed by atoms with Gasteiger partial charge in [0.1, 0.15) is 12.6 Å². The number of hydrogen-bond acceptors (Lipinski definition) is 5. The number of carbonyl (C=O) groups is 3. The maximum absolute atomic E-state index is 12.2. The molecule has 3 amide bonds. The summed E-state index contributed by atoms with van der Waals surface area (Å²) < 4.78 is 5.03. The molecule has 160 valence electrons. The monoisotopic (exact) mass is 413 g/mol. The number of aliphatic hydroxyl groups is 1. The molecule has 0 saturated carbocycles. The van der Waals surface area contributed by atoms with Gasteiger partial charge in [-0.1, -0.05) is 54.6 Å². The van der Waals surface area contributed by atoms with Gasteiger partial charge in [0.15, 0.2) is 0 Å². The second-order valence-electron chi connectivity index (χ2n) is 6.95. The average Bonchev–Trinajstić information content (AvgIpc) is 2.72. The molecular weight excluding hydrogens is 386 g/mol. The minimum absolute atomic E-state index is 0.0997. The summed E-state index contributed by atoms with van der Waals surface area (Å²) in [6.07, 6.45) is -1.88. The lowest BCUT2D eigenvalue weighted by Gasteiger charge is -2.18. The Morgan fingerprint density at radius 3 is 2.40 bits per heavy atom. The third-order valence-corrected chi connectivity index (χ3v) is 4.48. The zero-order valence-corrected chi connectivity index (χ0v) is 16.8. The second kappa shape index (κ2) is 11.6. The molecule has 0 fully saturated rings. The number of rotatable bonds is 10. The number of alkyl carbamates (subject to hydrolysis) is 1. The van der Waals surface area contributed by atoms with E-state index >= 15 is 0 Å². The molecule has 2 aromatic rings. The smallest absolute Gasteiger partial charge is 0.407 e. The predicted octanol–water partition coefficient (Wildman–Crippen LogP) is 1.19. The van der Waals surface area contributed by atoms with Crippen LogP contribution in [-0.2, 0) is 27.4 Å². The molecule has 5 N–H and O–H groups in total. The molecule has 0 aliphatic rings. The molecule has 2 rings (SSSR count). The molecule has 0 saturated heterocycles. The van der Waals surface area contributed by atoms with Gasteiger partial charge < -0.3 is 26.2 Å². The zero-order valence-electron chi connectivity index (χ0n) is 16.8. The highest BCUT2D eigenvalue weighted by Crippen LogP contribution is 2.10. The zero-order chi connectivity index (χ0) is 21.9. The number of aliphatic hydroxyl groups excluding tert-OH is 1. The molecule has 0 heterocycles. The highest BCUT2D eigenvalue weighted by Gasteiger charge is 2.21. The van der Waals surface area contributed by atoms with E-state index < -0.39 is 30.1 Å². The van der Waals surface area contributed by atoms with Crippen molar-refractivity contribution in [1.82, 2.24) is 10.6 Å². The molecule has 30 heavy (non-hydrogen) atoms. The van der Waals surface area contributed by atoms with E-state index in [-0.39, 0.29) is 26.0 Å². The summed E-state index contributed by atoms with van der Waals surface area (Å²) in [5, 5.41) is 14.9. The summed E-state index contributed by atoms with van der Waals surface area (Å²) in [5.41, 5.74) is 8.11. The molecule has 0 aromatic heterocycles. The summed E-state index contributed by atoms with van der Waals surface area (Å²) in [6.45, 7) is 1.84. The Morgan fingerprint density at radius 1 is 1.07 bits per heavy atom. The fourth-order valence-corrected chi connectivity index (χ4v) is 2.80. The fourth-order valence-electron chi connectivity index (χ4n) is 2.80. The molecule has 2 aromatic carbocycles. The molecule has 8 heteroatoms. The SMILES string of the molecule is Cc1ccccc1C[C@H](NC(=O)C[C@@H](O)CNC(=O)OCc1ccccc1)C(N)=O. The van der Waals surface area contributed by atoms with Crippen molar-refractivity contribution in [3.05, 3.63) is 71.3 Å². The first kappa shape index (κ1) is 22.9. The average molecular weight is 413 g/mol. The van der Waals surface area contributed by atoms with Crippen LogP contribution in [0.4, 0.5) is 4.79 Å². The summed E-state index contributed by atoms with van der Waals surface area (Å²) >= 11 is 0. The minimum atomic E-state index is -1.14. The van der Waals surface area contributed by atoms with Gasteiger partial charge >= 0.3 is 6.09 Å². The number of nitrogens with one attached hydrogen (secondary N) is 2. The predicted molar refractivity (Wildman–Crippen MR) is 111 cm³/mol. The highest BCUT2D eigenvalue weighted by molar-refractivity contribution is 5.87. The topological polar surface area (TPSA) is 131 Å². The first-order chi connectivity index (χ1) is 14.3. The van der Waals surface area contributed by atoms with Crippen LogP contribution in [0.5, 0.6) is 0 Å². The summed E-state index contributed by atoms with van der Waals surface area (Å²) in [7, 11) is 0. The van der Waals surface area contributed by atoms with Crippen LogP contribution >= 0.6 is 0 Å². The van der Waals surface area contributed by atoms with Crippen molar-refractivity contribution < 1.29 is 24.2 Å². The summed E-state index contributed by atoms with van der Waals surface area (Å²) in [5.74, 6) is -1.21. The van der Waals surface area contributed by atoms with E-state index in [1.165, 1.54) is 0 Å². The van der Waals surface area contributed by atoms with Crippen LogP contribution in [0.25, 0.3) is 0 Å². The number of ether oxygens (including phenoxy) is 1. The number of amides is 3. The number of nitrogens with two attached hydrogens (primary N) is 1. The highest BCUT2D eigenvalue weighted by atomic mass is 16.5. The molecule has 0 bridgehead atoms. The lowest BCUT2D eigenvalue weighted by Crippen LogP contribution is -2.47. The Morgan fingerprint density at radius 2 is 1.73 bits per heavy atom. The lowest BCUT2D eigenvalue weighted by atomic mass is 10.0. The van der Waals surface area contributed by atoms with Gasteiger partial charge in [0.25, 0.3) is 0 Å². The fraction of sp³-hybridized carbons (Fsp3) is 0.318. The number of benzene rings is 2. The Labute approximate surface area is 175 Å². The quantitative estimate of drug-likeness (QED) is 0.465. The van der Waals surface area contributed by atoms with Crippen LogP contribution in [-0.4, -0.2) is 41.7 Å². The van der Waals surface area contributed by atoms with Gasteiger partial charge in [0.2, 0.25) is 11.8 Å². The standard InChI is InChI=1S/C22H27N3O5/c1-15-7-5-6-10-17(15)11-19(21(23)28)25-20(27)12-18(26)13-24-22(29)30-14-16-8-3-2-4-9-16/h2-10,18-19,26H,11-14H2,1H3,(H2,23,28)(H,24,29)(H,25,27)/t18-,19+/m1/s1. The van der Waals surface area contributed by atoms with Crippen molar-refractivity contribution in [2.45, 2.75) is 38.5 Å². The van der Waals surface area contributed by atoms with Crippen LogP contribution in [0.15, 0.2) is 54.6 Å². The summed E-state index contributed by atoms with van der Waals surface area (Å²) in [6, 6.07) is 15.7. The first-order valence-corrected chi connectivity index (χ1v) is 9.61. The maximum Gasteiger partial charge on any atom is 0.407 e. The molecule has 0 aliphatic heterocycles. The third-order valence-electron chi connectivity index (χ3n) is 4.48. The largest absolute Gasteiger partial charge is 0.445 e. The van der Waals surface area contributed by atoms with Crippen LogP contribution in [0.3, 0.4) is 0 Å². The van der Waals surface area contributed by atoms with Crippen LogP contribution < -0.4 is 16.4 Å². The summed E-state index contributed by atoms with van der Waals surface area (Å²) in [4.78, 5) is 35.6. The molecular formula is C22H27N3O5. The van der Waals surface area contributed by atoms with E-state index in [0.717, 1.165) is 16.7 Å².